The fraction of sp³-hybridized carbons (Fsp3) is 0.810. The third-order valence-corrected chi connectivity index (χ3v) is 5.52. The number of ether oxygens (including phenoxy) is 1. The summed E-state index contributed by atoms with van der Waals surface area (Å²) in [6.45, 7) is 14.6. The molecule has 7 nitrogen and oxygen atoms in total. The number of aryl methyl sites for hydroxylation is 1. The molecule has 2 unspecified atom stereocenters. The van der Waals surface area contributed by atoms with Crippen molar-refractivity contribution in [3.63, 3.8) is 0 Å². The largest absolute Gasteiger partial charge is 0.370 e. The van der Waals surface area contributed by atoms with Crippen LogP contribution in [0.5, 0.6) is 0 Å². The normalized spacial score (nSPS) is 24.8. The highest BCUT2D eigenvalue weighted by molar-refractivity contribution is 5.80. The number of rotatable bonds is 6. The van der Waals surface area contributed by atoms with Gasteiger partial charge in [-0.15, -0.1) is 0 Å². The Hall–Kier alpha value is -1.60. The Bertz CT molecular complexity index is 628. The van der Waals surface area contributed by atoms with Crippen molar-refractivity contribution >= 4 is 5.96 Å². The minimum Gasteiger partial charge on any atom is -0.370 e. The Balaban J connectivity index is 1.60. The maximum Gasteiger partial charge on any atom is 0.194 e. The monoisotopic (exact) mass is 390 g/mol. The van der Waals surface area contributed by atoms with Crippen molar-refractivity contribution in [1.82, 2.24) is 24.9 Å². The first-order valence-electron chi connectivity index (χ1n) is 10.9. The minimum atomic E-state index is 0.0579. The van der Waals surface area contributed by atoms with E-state index in [2.05, 4.69) is 41.0 Å². The van der Waals surface area contributed by atoms with Crippen LogP contribution in [0, 0.1) is 11.8 Å². The second kappa shape index (κ2) is 10.3. The Morgan fingerprint density at radius 1 is 1.36 bits per heavy atom. The fourth-order valence-corrected chi connectivity index (χ4v) is 4.27. The van der Waals surface area contributed by atoms with E-state index in [9.17, 15) is 0 Å². The van der Waals surface area contributed by atoms with Gasteiger partial charge in [0.25, 0.3) is 0 Å². The van der Waals surface area contributed by atoms with Crippen molar-refractivity contribution in [2.24, 2.45) is 23.9 Å². The summed E-state index contributed by atoms with van der Waals surface area (Å²) in [5.41, 5.74) is 1.14. The van der Waals surface area contributed by atoms with Crippen molar-refractivity contribution in [2.75, 3.05) is 52.4 Å². The van der Waals surface area contributed by atoms with Crippen LogP contribution in [0.3, 0.4) is 0 Å². The molecule has 1 N–H and O–H groups in total. The van der Waals surface area contributed by atoms with Crippen LogP contribution in [0.15, 0.2) is 17.4 Å². The molecule has 2 saturated heterocycles. The average Bonchev–Trinajstić information content (AvgIpc) is 3.11. The number of hydrogen-bond acceptors (Lipinski definition) is 4. The SMILES string of the molecule is CCNC(=NCC1CCCN(CC(C)C)C1)N1CCOC(c2cnn(C)c2)C1. The predicted molar refractivity (Wildman–Crippen MR) is 113 cm³/mol. The van der Waals surface area contributed by atoms with E-state index in [1.165, 1.54) is 32.5 Å². The maximum absolute atomic E-state index is 6.00. The van der Waals surface area contributed by atoms with Crippen molar-refractivity contribution in [3.8, 4) is 0 Å². The molecule has 158 valence electrons. The molecular formula is C21H38N6O. The van der Waals surface area contributed by atoms with Gasteiger partial charge in [-0.2, -0.15) is 5.10 Å². The highest BCUT2D eigenvalue weighted by atomic mass is 16.5. The number of morpholine rings is 1. The zero-order valence-corrected chi connectivity index (χ0v) is 18.1. The lowest BCUT2D eigenvalue weighted by Gasteiger charge is -2.36. The molecular weight excluding hydrogens is 352 g/mol. The molecule has 1 aromatic heterocycles. The Labute approximate surface area is 170 Å². The lowest BCUT2D eigenvalue weighted by molar-refractivity contribution is -0.00808. The molecule has 0 aliphatic carbocycles. The van der Waals surface area contributed by atoms with Gasteiger partial charge >= 0.3 is 0 Å². The van der Waals surface area contributed by atoms with Gasteiger partial charge in [0, 0.05) is 51.5 Å². The number of aromatic nitrogens is 2. The Kier molecular flexibility index (Phi) is 7.73. The molecule has 7 heteroatoms. The first-order chi connectivity index (χ1) is 13.5. The van der Waals surface area contributed by atoms with Crippen LogP contribution in [0.1, 0.15) is 45.3 Å². The summed E-state index contributed by atoms with van der Waals surface area (Å²) in [6.07, 6.45) is 6.60. The van der Waals surface area contributed by atoms with Gasteiger partial charge in [-0.05, 0) is 38.1 Å². The number of nitrogens with one attached hydrogen (secondary N) is 1. The Morgan fingerprint density at radius 3 is 2.93 bits per heavy atom. The van der Waals surface area contributed by atoms with Gasteiger partial charge in [-0.3, -0.25) is 9.67 Å². The van der Waals surface area contributed by atoms with Gasteiger partial charge in [0.1, 0.15) is 6.10 Å². The quantitative estimate of drug-likeness (QED) is 0.596. The smallest absolute Gasteiger partial charge is 0.194 e. The summed E-state index contributed by atoms with van der Waals surface area (Å²) >= 11 is 0. The van der Waals surface area contributed by atoms with Crippen molar-refractivity contribution < 1.29 is 4.74 Å². The van der Waals surface area contributed by atoms with Crippen LogP contribution in [0.25, 0.3) is 0 Å². The van der Waals surface area contributed by atoms with Gasteiger partial charge in [-0.1, -0.05) is 13.8 Å². The lowest BCUT2D eigenvalue weighted by Crippen LogP contribution is -2.48. The number of hydrogen-bond donors (Lipinski definition) is 1. The van der Waals surface area contributed by atoms with Crippen molar-refractivity contribution in [1.29, 1.82) is 0 Å². The zero-order chi connectivity index (χ0) is 19.9. The summed E-state index contributed by atoms with van der Waals surface area (Å²) in [5.74, 6) is 2.43. The first-order valence-corrected chi connectivity index (χ1v) is 10.9. The maximum atomic E-state index is 6.00. The summed E-state index contributed by atoms with van der Waals surface area (Å²) in [4.78, 5) is 10.0. The Morgan fingerprint density at radius 2 is 2.21 bits per heavy atom. The lowest BCUT2D eigenvalue weighted by atomic mass is 9.97. The van der Waals surface area contributed by atoms with E-state index in [0.717, 1.165) is 50.2 Å². The second-order valence-corrected chi connectivity index (χ2v) is 8.61. The third-order valence-electron chi connectivity index (χ3n) is 5.52. The van der Waals surface area contributed by atoms with Crippen LogP contribution in [-0.4, -0.2) is 78.0 Å². The van der Waals surface area contributed by atoms with E-state index < -0.39 is 0 Å². The van der Waals surface area contributed by atoms with Gasteiger partial charge in [0.2, 0.25) is 0 Å². The van der Waals surface area contributed by atoms with Crippen LogP contribution < -0.4 is 5.32 Å². The highest BCUT2D eigenvalue weighted by Gasteiger charge is 2.26. The van der Waals surface area contributed by atoms with Crippen molar-refractivity contribution in [3.05, 3.63) is 18.0 Å². The van der Waals surface area contributed by atoms with E-state index in [0.29, 0.717) is 5.92 Å². The van der Waals surface area contributed by atoms with Gasteiger partial charge in [0.15, 0.2) is 5.96 Å². The van der Waals surface area contributed by atoms with Crippen LogP contribution in [-0.2, 0) is 11.8 Å². The van der Waals surface area contributed by atoms with Crippen molar-refractivity contribution in [2.45, 2.75) is 39.7 Å². The summed E-state index contributed by atoms with van der Waals surface area (Å²) in [6, 6.07) is 0. The van der Waals surface area contributed by atoms with E-state index in [1.54, 1.807) is 0 Å². The molecule has 0 spiro atoms. The molecule has 2 fully saturated rings. The molecule has 0 bridgehead atoms. The summed E-state index contributed by atoms with van der Waals surface area (Å²) < 4.78 is 7.83. The molecule has 2 aliphatic heterocycles. The topological polar surface area (TPSA) is 57.9 Å². The minimum absolute atomic E-state index is 0.0579. The molecule has 2 aliphatic rings. The second-order valence-electron chi connectivity index (χ2n) is 8.61. The zero-order valence-electron chi connectivity index (χ0n) is 18.1. The van der Waals surface area contributed by atoms with Gasteiger partial charge in [0.05, 0.1) is 19.3 Å². The van der Waals surface area contributed by atoms with Crippen LogP contribution in [0.2, 0.25) is 0 Å². The molecule has 0 saturated carbocycles. The van der Waals surface area contributed by atoms with E-state index >= 15 is 0 Å². The number of aliphatic imine (C=N–C) groups is 1. The van der Waals surface area contributed by atoms with Gasteiger partial charge < -0.3 is 19.9 Å². The number of guanidine groups is 1. The number of nitrogens with zero attached hydrogens (tertiary/aromatic N) is 5. The molecule has 0 radical (unpaired) electrons. The first kappa shape index (κ1) is 21.1. The van der Waals surface area contributed by atoms with Crippen LogP contribution >= 0.6 is 0 Å². The third kappa shape index (κ3) is 5.95. The fourth-order valence-electron chi connectivity index (χ4n) is 4.27. The molecule has 28 heavy (non-hydrogen) atoms. The molecule has 3 rings (SSSR count). The molecule has 2 atom stereocenters. The van der Waals surface area contributed by atoms with E-state index in [4.69, 9.17) is 9.73 Å². The highest BCUT2D eigenvalue weighted by Crippen LogP contribution is 2.22. The number of piperidine rings is 1. The molecule has 0 amide bonds. The van der Waals surface area contributed by atoms with E-state index in [-0.39, 0.29) is 6.10 Å². The molecule has 0 aromatic carbocycles. The standard InChI is InChI=1S/C21H38N6O/c1-5-22-21(23-11-18-7-6-8-26(14-18)13-17(2)3)27-9-10-28-20(16-27)19-12-24-25(4)15-19/h12,15,17-18,20H,5-11,13-14,16H2,1-4H3,(H,22,23). The summed E-state index contributed by atoms with van der Waals surface area (Å²) in [7, 11) is 1.95. The molecule has 3 heterocycles. The number of likely N-dealkylation sites (tertiary alicyclic amines) is 1. The van der Waals surface area contributed by atoms with Crippen LogP contribution in [0.4, 0.5) is 0 Å². The molecule has 1 aromatic rings. The average molecular weight is 391 g/mol. The summed E-state index contributed by atoms with van der Waals surface area (Å²) in [5, 5.41) is 7.79. The van der Waals surface area contributed by atoms with E-state index in [1.807, 2.05) is 24.1 Å². The van der Waals surface area contributed by atoms with Gasteiger partial charge in [-0.25, -0.2) is 0 Å². The predicted octanol–water partition coefficient (Wildman–Crippen LogP) is 2.13.